The normalized spacial score (nSPS) is 13.4. The zero-order chi connectivity index (χ0) is 19.8. The van der Waals surface area contributed by atoms with E-state index in [0.717, 1.165) is 47.4 Å². The number of benzene rings is 2. The van der Waals surface area contributed by atoms with Gasteiger partial charge in [-0.25, -0.2) is 0 Å². The summed E-state index contributed by atoms with van der Waals surface area (Å²) in [5.41, 5.74) is 3.32. The predicted octanol–water partition coefficient (Wildman–Crippen LogP) is 4.46. The number of fused-ring (bicyclic) bond motifs is 3. The van der Waals surface area contributed by atoms with E-state index in [1.807, 2.05) is 42.5 Å². The monoisotopic (exact) mass is 406 g/mol. The van der Waals surface area contributed by atoms with E-state index in [1.165, 1.54) is 10.6 Å². The summed E-state index contributed by atoms with van der Waals surface area (Å²) >= 11 is 6.54. The van der Waals surface area contributed by atoms with Crippen molar-refractivity contribution < 1.29 is 9.15 Å². The van der Waals surface area contributed by atoms with Crippen molar-refractivity contribution in [3.05, 3.63) is 93.1 Å². The molecule has 1 aliphatic rings. The van der Waals surface area contributed by atoms with Crippen LogP contribution in [0.3, 0.4) is 0 Å². The highest BCUT2D eigenvalue weighted by atomic mass is 35.5. The van der Waals surface area contributed by atoms with Crippen LogP contribution in [0.1, 0.15) is 16.9 Å². The lowest BCUT2D eigenvalue weighted by Crippen LogP contribution is -2.22. The first kappa shape index (κ1) is 18.0. The van der Waals surface area contributed by atoms with Crippen LogP contribution in [0.4, 0.5) is 0 Å². The minimum absolute atomic E-state index is 0.213. The van der Waals surface area contributed by atoms with E-state index in [2.05, 4.69) is 5.32 Å². The Morgan fingerprint density at radius 1 is 1.14 bits per heavy atom. The molecule has 0 radical (unpaired) electrons. The summed E-state index contributed by atoms with van der Waals surface area (Å²) < 4.78 is 13.3. The number of furan rings is 1. The molecule has 1 aliphatic heterocycles. The fourth-order valence-corrected chi connectivity index (χ4v) is 3.95. The Morgan fingerprint density at radius 3 is 2.83 bits per heavy atom. The molecule has 29 heavy (non-hydrogen) atoms. The van der Waals surface area contributed by atoms with Crippen LogP contribution in [0.5, 0.6) is 5.75 Å². The van der Waals surface area contributed by atoms with Gasteiger partial charge < -0.3 is 14.5 Å². The summed E-state index contributed by atoms with van der Waals surface area (Å²) in [6.45, 7) is 2.08. The van der Waals surface area contributed by atoms with E-state index < -0.39 is 0 Å². The van der Waals surface area contributed by atoms with Gasteiger partial charge in [0.25, 0.3) is 5.56 Å². The molecule has 146 valence electrons. The number of nitrogens with zero attached hydrogens (tertiary/aromatic N) is 1. The van der Waals surface area contributed by atoms with Crippen molar-refractivity contribution in [2.24, 2.45) is 0 Å². The molecular weight excluding hydrogens is 388 g/mol. The molecule has 0 bridgehead atoms. The van der Waals surface area contributed by atoms with Gasteiger partial charge in [0.15, 0.2) is 0 Å². The fourth-order valence-electron chi connectivity index (χ4n) is 3.69. The smallest absolute Gasteiger partial charge is 0.258 e. The molecule has 0 saturated carbocycles. The molecule has 0 amide bonds. The first-order chi connectivity index (χ1) is 14.2. The Kier molecular flexibility index (Phi) is 4.62. The first-order valence-electron chi connectivity index (χ1n) is 9.53. The molecule has 3 heterocycles. The van der Waals surface area contributed by atoms with Crippen molar-refractivity contribution in [2.45, 2.75) is 19.6 Å². The summed E-state index contributed by atoms with van der Waals surface area (Å²) in [6.07, 6.45) is 2.53. The van der Waals surface area contributed by atoms with Gasteiger partial charge in [-0.1, -0.05) is 41.9 Å². The summed E-state index contributed by atoms with van der Waals surface area (Å²) in [7, 11) is 0. The van der Waals surface area contributed by atoms with E-state index in [9.17, 15) is 4.79 Å². The van der Waals surface area contributed by atoms with Crippen LogP contribution in [0.15, 0.2) is 70.0 Å². The van der Waals surface area contributed by atoms with Gasteiger partial charge in [0, 0.05) is 48.8 Å². The molecule has 5 rings (SSSR count). The second-order valence-electron chi connectivity index (χ2n) is 7.08. The second-order valence-corrected chi connectivity index (χ2v) is 7.48. The quantitative estimate of drug-likeness (QED) is 0.543. The third kappa shape index (κ3) is 3.43. The number of nitrogens with one attached hydrogen (secondary N) is 1. The average molecular weight is 407 g/mol. The van der Waals surface area contributed by atoms with Crippen LogP contribution >= 0.6 is 11.6 Å². The minimum Gasteiger partial charge on any atom is -0.489 e. The highest BCUT2D eigenvalue weighted by Gasteiger charge is 2.19. The van der Waals surface area contributed by atoms with Crippen LogP contribution in [-0.4, -0.2) is 11.1 Å². The third-order valence-corrected chi connectivity index (χ3v) is 5.48. The molecule has 2 aromatic carbocycles. The zero-order valence-corrected chi connectivity index (χ0v) is 16.4. The molecule has 0 aliphatic carbocycles. The van der Waals surface area contributed by atoms with E-state index >= 15 is 0 Å². The van der Waals surface area contributed by atoms with Gasteiger partial charge in [-0.3, -0.25) is 9.36 Å². The average Bonchev–Trinajstić information content (AvgIpc) is 3.10. The van der Waals surface area contributed by atoms with Crippen molar-refractivity contribution in [1.82, 2.24) is 9.88 Å². The van der Waals surface area contributed by atoms with Crippen LogP contribution < -0.4 is 15.6 Å². The standard InChI is InChI=1S/C23H19ClN2O3/c24-19-11-17-18-13-25-8-6-21(18)29-22(17)12-20(19)26-9-7-16(10-23(26)27)28-14-15-4-2-1-3-5-15/h1-5,7,9-12,25H,6,8,13-14H2. The lowest BCUT2D eigenvalue weighted by Gasteiger charge is -2.11. The molecule has 6 heteroatoms. The topological polar surface area (TPSA) is 56.4 Å². The van der Waals surface area contributed by atoms with Crippen LogP contribution in [0, 0.1) is 0 Å². The van der Waals surface area contributed by atoms with Crippen LogP contribution in [0.2, 0.25) is 5.02 Å². The SMILES string of the molecule is O=c1cc(OCc2ccccc2)ccn1-c1cc2oc3c(c2cc1Cl)CNCC3. The van der Waals surface area contributed by atoms with Crippen molar-refractivity contribution in [3.63, 3.8) is 0 Å². The number of rotatable bonds is 4. The number of halogens is 1. The zero-order valence-electron chi connectivity index (χ0n) is 15.7. The van der Waals surface area contributed by atoms with E-state index in [0.29, 0.717) is 23.1 Å². The lowest BCUT2D eigenvalue weighted by atomic mass is 10.1. The highest BCUT2D eigenvalue weighted by Crippen LogP contribution is 2.33. The number of hydrogen-bond acceptors (Lipinski definition) is 4. The summed E-state index contributed by atoms with van der Waals surface area (Å²) in [5, 5.41) is 4.86. The molecular formula is C23H19ClN2O3. The molecule has 5 nitrogen and oxygen atoms in total. The predicted molar refractivity (Wildman–Crippen MR) is 113 cm³/mol. The molecule has 0 atom stereocenters. The molecule has 4 aromatic rings. The third-order valence-electron chi connectivity index (χ3n) is 5.17. The molecule has 0 fully saturated rings. The Labute approximate surface area is 172 Å². The molecule has 0 unspecified atom stereocenters. The van der Waals surface area contributed by atoms with Gasteiger partial charge in [0.1, 0.15) is 23.7 Å². The maximum Gasteiger partial charge on any atom is 0.258 e. The number of pyridine rings is 1. The van der Waals surface area contributed by atoms with Crippen LogP contribution in [0.25, 0.3) is 16.7 Å². The maximum atomic E-state index is 12.7. The Bertz CT molecular complexity index is 1240. The van der Waals surface area contributed by atoms with Gasteiger partial charge in [0.05, 0.1) is 10.7 Å². The number of hydrogen-bond donors (Lipinski definition) is 1. The first-order valence-corrected chi connectivity index (χ1v) is 9.91. The van der Waals surface area contributed by atoms with Gasteiger partial charge >= 0.3 is 0 Å². The van der Waals surface area contributed by atoms with Gasteiger partial charge in [-0.15, -0.1) is 0 Å². The molecule has 1 N–H and O–H groups in total. The highest BCUT2D eigenvalue weighted by molar-refractivity contribution is 6.33. The Balaban J connectivity index is 1.46. The Hall–Kier alpha value is -3.02. The fraction of sp³-hybridized carbons (Fsp3) is 0.174. The van der Waals surface area contributed by atoms with Crippen molar-refractivity contribution in [2.75, 3.05) is 6.54 Å². The van der Waals surface area contributed by atoms with Crippen molar-refractivity contribution in [1.29, 1.82) is 0 Å². The van der Waals surface area contributed by atoms with Crippen molar-refractivity contribution >= 4 is 22.6 Å². The summed E-state index contributed by atoms with van der Waals surface area (Å²) in [4.78, 5) is 12.7. The molecule has 0 saturated heterocycles. The van der Waals surface area contributed by atoms with Gasteiger partial charge in [-0.2, -0.15) is 0 Å². The van der Waals surface area contributed by atoms with E-state index in [-0.39, 0.29) is 5.56 Å². The molecule has 2 aromatic heterocycles. The number of aromatic nitrogens is 1. The summed E-state index contributed by atoms with van der Waals surface area (Å²) in [6, 6.07) is 16.8. The lowest BCUT2D eigenvalue weighted by molar-refractivity contribution is 0.305. The Morgan fingerprint density at radius 2 is 2.00 bits per heavy atom. The minimum atomic E-state index is -0.213. The van der Waals surface area contributed by atoms with Gasteiger partial charge in [0.2, 0.25) is 0 Å². The van der Waals surface area contributed by atoms with Gasteiger partial charge in [-0.05, 0) is 17.7 Å². The number of ether oxygens (including phenoxy) is 1. The molecule has 0 spiro atoms. The largest absolute Gasteiger partial charge is 0.489 e. The van der Waals surface area contributed by atoms with Crippen LogP contribution in [-0.2, 0) is 19.6 Å². The van der Waals surface area contributed by atoms with E-state index in [1.54, 1.807) is 12.3 Å². The maximum absolute atomic E-state index is 12.7. The van der Waals surface area contributed by atoms with Crippen molar-refractivity contribution in [3.8, 4) is 11.4 Å². The second kappa shape index (κ2) is 7.43. The summed E-state index contributed by atoms with van der Waals surface area (Å²) in [5.74, 6) is 1.51. The van der Waals surface area contributed by atoms with E-state index in [4.69, 9.17) is 20.8 Å².